The number of carboxylic acid groups (broad SMARTS) is 1. The van der Waals surface area contributed by atoms with Gasteiger partial charge < -0.3 is 14.5 Å². The number of aliphatic carboxylic acids is 1. The Balaban J connectivity index is 1.52. The molecule has 2 atom stereocenters. The van der Waals surface area contributed by atoms with E-state index in [4.69, 9.17) is 4.52 Å². The number of anilines is 1. The summed E-state index contributed by atoms with van der Waals surface area (Å²) in [7, 11) is 0. The van der Waals surface area contributed by atoms with E-state index in [-0.39, 0.29) is 18.1 Å². The zero-order valence-corrected chi connectivity index (χ0v) is 18.7. The molecule has 4 aromatic rings. The third-order valence-electron chi connectivity index (χ3n) is 6.07. The minimum atomic E-state index is -4.79. The van der Waals surface area contributed by atoms with Crippen molar-refractivity contribution >= 4 is 11.8 Å². The SMILES string of the molecule is O=C(O)C1CN(c2nc(-c3cc(-c4ccon4)n(Cc4ccccc4F)n3)ncc2F)CC1C(F)(F)F. The van der Waals surface area contributed by atoms with Gasteiger partial charge in [-0.1, -0.05) is 23.4 Å². The molecule has 14 heteroatoms. The fraction of sp³-hybridized carbons (Fsp3) is 0.261. The van der Waals surface area contributed by atoms with E-state index < -0.39 is 54.5 Å². The molecule has 1 N–H and O–H groups in total. The molecule has 4 heterocycles. The number of rotatable bonds is 6. The van der Waals surface area contributed by atoms with Gasteiger partial charge in [0.2, 0.25) is 0 Å². The van der Waals surface area contributed by atoms with Crippen molar-refractivity contribution in [2.24, 2.45) is 11.8 Å². The van der Waals surface area contributed by atoms with Crippen molar-refractivity contribution < 1.29 is 36.4 Å². The molecule has 2 unspecified atom stereocenters. The standard InChI is InChI=1S/C23H17F5N6O3/c24-15-4-2-1-3-12(15)9-34-19(17-5-6-37-32-17)7-18(31-34)20-29-8-16(25)21(30-20)33-10-13(22(35)36)14(11-33)23(26,27)28/h1-8,13-14H,9-11H2,(H,35,36). The van der Waals surface area contributed by atoms with Crippen molar-refractivity contribution in [3.63, 3.8) is 0 Å². The van der Waals surface area contributed by atoms with E-state index in [1.165, 1.54) is 29.1 Å². The maximum Gasteiger partial charge on any atom is 0.394 e. The molecule has 1 aromatic carbocycles. The first-order valence-electron chi connectivity index (χ1n) is 10.9. The number of hydrogen-bond acceptors (Lipinski definition) is 7. The highest BCUT2D eigenvalue weighted by Crippen LogP contribution is 2.39. The number of carbonyl (C=O) groups is 1. The zero-order valence-electron chi connectivity index (χ0n) is 18.7. The summed E-state index contributed by atoms with van der Waals surface area (Å²) in [5.74, 6) is -7.70. The summed E-state index contributed by atoms with van der Waals surface area (Å²) in [5.41, 5.74) is 1.18. The zero-order chi connectivity index (χ0) is 26.3. The average molecular weight is 520 g/mol. The van der Waals surface area contributed by atoms with E-state index in [1.807, 2.05) is 0 Å². The van der Waals surface area contributed by atoms with Gasteiger partial charge in [-0.15, -0.1) is 0 Å². The van der Waals surface area contributed by atoms with E-state index in [0.29, 0.717) is 17.0 Å². The molecule has 3 aromatic heterocycles. The Bertz CT molecular complexity index is 1440. The minimum absolute atomic E-state index is 0.0113. The maximum absolute atomic E-state index is 14.6. The quantitative estimate of drug-likeness (QED) is 0.380. The predicted octanol–water partition coefficient (Wildman–Crippen LogP) is 4.02. The Labute approximate surface area is 205 Å². The van der Waals surface area contributed by atoms with E-state index in [2.05, 4.69) is 20.2 Å². The average Bonchev–Trinajstić information content (AvgIpc) is 3.60. The molecule has 1 aliphatic heterocycles. The smallest absolute Gasteiger partial charge is 0.394 e. The predicted molar refractivity (Wildman–Crippen MR) is 117 cm³/mol. The molecule has 1 saturated heterocycles. The Morgan fingerprint density at radius 1 is 1.11 bits per heavy atom. The van der Waals surface area contributed by atoms with Gasteiger partial charge in [0.05, 0.1) is 30.3 Å². The first-order valence-corrected chi connectivity index (χ1v) is 10.9. The lowest BCUT2D eigenvalue weighted by molar-refractivity contribution is -0.187. The highest BCUT2D eigenvalue weighted by Gasteiger charge is 2.53. The molecule has 0 spiro atoms. The summed E-state index contributed by atoms with van der Waals surface area (Å²) in [5, 5.41) is 17.5. The van der Waals surface area contributed by atoms with Crippen molar-refractivity contribution in [1.82, 2.24) is 24.9 Å². The van der Waals surface area contributed by atoms with Crippen LogP contribution in [0.4, 0.5) is 27.8 Å². The number of halogens is 5. The van der Waals surface area contributed by atoms with Gasteiger partial charge in [0.1, 0.15) is 23.5 Å². The Morgan fingerprint density at radius 2 is 1.89 bits per heavy atom. The fourth-order valence-electron chi connectivity index (χ4n) is 4.25. The molecule has 0 amide bonds. The van der Waals surface area contributed by atoms with Gasteiger partial charge >= 0.3 is 12.1 Å². The summed E-state index contributed by atoms with van der Waals surface area (Å²) in [6, 6.07) is 9.10. The molecule has 5 rings (SSSR count). The van der Waals surface area contributed by atoms with Crippen LogP contribution in [0.25, 0.3) is 22.9 Å². The second kappa shape index (κ2) is 9.26. The second-order valence-electron chi connectivity index (χ2n) is 8.41. The number of hydrogen-bond donors (Lipinski definition) is 1. The molecule has 192 valence electrons. The van der Waals surface area contributed by atoms with Gasteiger partial charge in [-0.3, -0.25) is 9.48 Å². The van der Waals surface area contributed by atoms with Crippen molar-refractivity contribution in [3.05, 3.63) is 66.1 Å². The second-order valence-corrected chi connectivity index (χ2v) is 8.41. The molecule has 0 aliphatic carbocycles. The molecular formula is C23H17F5N6O3. The number of benzene rings is 1. The molecule has 1 fully saturated rings. The monoisotopic (exact) mass is 520 g/mol. The first-order chi connectivity index (χ1) is 17.6. The molecule has 0 saturated carbocycles. The Morgan fingerprint density at radius 3 is 2.54 bits per heavy atom. The normalized spacial score (nSPS) is 17.9. The van der Waals surface area contributed by atoms with Crippen LogP contribution in [0.2, 0.25) is 0 Å². The van der Waals surface area contributed by atoms with Crippen LogP contribution in [0.3, 0.4) is 0 Å². The highest BCUT2D eigenvalue weighted by molar-refractivity contribution is 5.73. The Hall–Kier alpha value is -4.36. The molecule has 9 nitrogen and oxygen atoms in total. The summed E-state index contributed by atoms with van der Waals surface area (Å²) < 4.78 is 75.5. The molecule has 37 heavy (non-hydrogen) atoms. The number of aromatic nitrogens is 5. The third kappa shape index (κ3) is 4.73. The van der Waals surface area contributed by atoms with Crippen LogP contribution >= 0.6 is 0 Å². The van der Waals surface area contributed by atoms with Crippen molar-refractivity contribution in [1.29, 1.82) is 0 Å². The summed E-state index contributed by atoms with van der Waals surface area (Å²) in [6.45, 7) is -1.37. The van der Waals surface area contributed by atoms with Crippen LogP contribution < -0.4 is 4.90 Å². The molecular weight excluding hydrogens is 503 g/mol. The number of alkyl halides is 3. The van der Waals surface area contributed by atoms with Crippen molar-refractivity contribution in [2.75, 3.05) is 18.0 Å². The van der Waals surface area contributed by atoms with Crippen molar-refractivity contribution in [2.45, 2.75) is 12.7 Å². The van der Waals surface area contributed by atoms with Gasteiger partial charge in [-0.25, -0.2) is 18.7 Å². The van der Waals surface area contributed by atoms with Gasteiger partial charge in [0.25, 0.3) is 0 Å². The van der Waals surface area contributed by atoms with Gasteiger partial charge in [0.15, 0.2) is 17.5 Å². The molecule has 1 aliphatic rings. The third-order valence-corrected chi connectivity index (χ3v) is 6.07. The van der Waals surface area contributed by atoms with Crippen LogP contribution in [0.15, 0.2) is 53.4 Å². The van der Waals surface area contributed by atoms with Crippen LogP contribution in [0.1, 0.15) is 5.56 Å². The summed E-state index contributed by atoms with van der Waals surface area (Å²) >= 11 is 0. The largest absolute Gasteiger partial charge is 0.481 e. The van der Waals surface area contributed by atoms with Crippen LogP contribution in [0, 0.1) is 23.5 Å². The van der Waals surface area contributed by atoms with E-state index in [0.717, 1.165) is 11.1 Å². The van der Waals surface area contributed by atoms with Crippen molar-refractivity contribution in [3.8, 4) is 22.9 Å². The Kier molecular flexibility index (Phi) is 6.09. The van der Waals surface area contributed by atoms with Gasteiger partial charge in [-0.05, 0) is 12.1 Å². The topological polar surface area (TPSA) is 110 Å². The maximum atomic E-state index is 14.6. The molecule has 0 radical (unpaired) electrons. The summed E-state index contributed by atoms with van der Waals surface area (Å²) in [4.78, 5) is 20.4. The lowest BCUT2D eigenvalue weighted by Crippen LogP contribution is -2.33. The van der Waals surface area contributed by atoms with Gasteiger partial charge in [-0.2, -0.15) is 18.3 Å². The number of nitrogens with zero attached hydrogens (tertiary/aromatic N) is 6. The van der Waals surface area contributed by atoms with Crippen LogP contribution in [-0.4, -0.2) is 55.2 Å². The summed E-state index contributed by atoms with van der Waals surface area (Å²) in [6.07, 6.45) is -2.69. The van der Waals surface area contributed by atoms with Gasteiger partial charge in [0, 0.05) is 24.7 Å². The lowest BCUT2D eigenvalue weighted by atomic mass is 9.96. The first kappa shape index (κ1) is 24.3. The minimum Gasteiger partial charge on any atom is -0.481 e. The number of carboxylic acids is 1. The lowest BCUT2D eigenvalue weighted by Gasteiger charge is -2.19. The van der Waals surface area contributed by atoms with E-state index in [9.17, 15) is 31.9 Å². The van der Waals surface area contributed by atoms with E-state index >= 15 is 0 Å². The van der Waals surface area contributed by atoms with Crippen LogP contribution in [-0.2, 0) is 11.3 Å². The fourth-order valence-corrected chi connectivity index (χ4v) is 4.25. The molecule has 0 bridgehead atoms. The highest BCUT2D eigenvalue weighted by atomic mass is 19.4. The van der Waals surface area contributed by atoms with E-state index in [1.54, 1.807) is 18.2 Å². The van der Waals surface area contributed by atoms with Crippen LogP contribution in [0.5, 0.6) is 0 Å².